The monoisotopic (exact) mass is 434 g/mol. The highest BCUT2D eigenvalue weighted by molar-refractivity contribution is 7.13. The molecule has 0 radical (unpaired) electrons. The molecule has 1 aliphatic rings. The van der Waals surface area contributed by atoms with Gasteiger partial charge in [0.25, 0.3) is 5.91 Å². The molecule has 2 amide bonds. The smallest absolute Gasteiger partial charge is 0.272 e. The van der Waals surface area contributed by atoms with E-state index in [1.165, 1.54) is 10.4 Å². The fourth-order valence-corrected chi connectivity index (χ4v) is 4.73. The molecule has 0 N–H and O–H groups in total. The lowest BCUT2D eigenvalue weighted by molar-refractivity contribution is -0.134. The molecule has 2 aromatic heterocycles. The molecule has 0 spiro atoms. The summed E-state index contributed by atoms with van der Waals surface area (Å²) in [4.78, 5) is 31.1. The van der Waals surface area contributed by atoms with Crippen molar-refractivity contribution in [2.45, 2.75) is 6.42 Å². The van der Waals surface area contributed by atoms with Gasteiger partial charge in [0.2, 0.25) is 5.91 Å². The molecule has 6 nitrogen and oxygen atoms in total. The minimum atomic E-state index is -0.299. The van der Waals surface area contributed by atoms with Crippen molar-refractivity contribution < 1.29 is 9.59 Å². The summed E-state index contributed by atoms with van der Waals surface area (Å²) in [7, 11) is 1.76. The second-order valence-electron chi connectivity index (χ2n) is 7.74. The van der Waals surface area contributed by atoms with Crippen LogP contribution in [0.1, 0.15) is 16.1 Å². The van der Waals surface area contributed by atoms with Crippen molar-refractivity contribution >= 4 is 23.2 Å². The van der Waals surface area contributed by atoms with Crippen LogP contribution in [0.4, 0.5) is 0 Å². The lowest BCUT2D eigenvalue weighted by atomic mass is 9.96. The molecule has 7 heteroatoms. The number of carbonyl (C=O) groups is 2. The van der Waals surface area contributed by atoms with Crippen LogP contribution in [0, 0.1) is 5.92 Å². The molecule has 0 bridgehead atoms. The van der Waals surface area contributed by atoms with Gasteiger partial charge in [-0.3, -0.25) is 14.3 Å². The van der Waals surface area contributed by atoms with Gasteiger partial charge >= 0.3 is 0 Å². The van der Waals surface area contributed by atoms with Gasteiger partial charge in [0, 0.05) is 44.3 Å². The third kappa shape index (κ3) is 4.61. The Morgan fingerprint density at radius 2 is 2.03 bits per heavy atom. The lowest BCUT2D eigenvalue weighted by Gasteiger charge is -2.23. The fourth-order valence-electron chi connectivity index (χ4n) is 4.00. The van der Waals surface area contributed by atoms with E-state index in [0.29, 0.717) is 38.3 Å². The first-order valence-corrected chi connectivity index (χ1v) is 11.2. The van der Waals surface area contributed by atoms with E-state index >= 15 is 0 Å². The van der Waals surface area contributed by atoms with Crippen molar-refractivity contribution in [1.29, 1.82) is 0 Å². The predicted molar refractivity (Wildman–Crippen MR) is 123 cm³/mol. The zero-order valence-electron chi connectivity index (χ0n) is 17.6. The second-order valence-corrected chi connectivity index (χ2v) is 8.69. The molecular weight excluding hydrogens is 408 g/mol. The Labute approximate surface area is 186 Å². The number of thiophene rings is 1. The van der Waals surface area contributed by atoms with E-state index in [1.807, 2.05) is 6.07 Å². The van der Waals surface area contributed by atoms with Crippen LogP contribution < -0.4 is 0 Å². The summed E-state index contributed by atoms with van der Waals surface area (Å²) in [5, 5.41) is 6.18. The van der Waals surface area contributed by atoms with Gasteiger partial charge < -0.3 is 9.80 Å². The first-order valence-electron chi connectivity index (χ1n) is 10.4. The molecule has 3 aromatic rings. The number of aromatic nitrogens is 2. The number of carbonyl (C=O) groups excluding carboxylic acids is 2. The summed E-state index contributed by atoms with van der Waals surface area (Å²) >= 11 is 1.71. The molecule has 31 heavy (non-hydrogen) atoms. The molecule has 1 aromatic carbocycles. The molecule has 4 rings (SSSR count). The Morgan fingerprint density at radius 1 is 1.23 bits per heavy atom. The lowest BCUT2D eigenvalue weighted by Crippen LogP contribution is -2.38. The van der Waals surface area contributed by atoms with Crippen LogP contribution in [-0.4, -0.2) is 57.6 Å². The van der Waals surface area contributed by atoms with Crippen LogP contribution in [-0.2, 0) is 18.3 Å². The molecule has 0 saturated carbocycles. The van der Waals surface area contributed by atoms with Gasteiger partial charge in [0.15, 0.2) is 0 Å². The number of aryl methyl sites for hydroxylation is 1. The molecule has 1 aliphatic heterocycles. The van der Waals surface area contributed by atoms with Crippen molar-refractivity contribution in [3.63, 3.8) is 0 Å². The van der Waals surface area contributed by atoms with Crippen molar-refractivity contribution in [2.24, 2.45) is 13.0 Å². The minimum absolute atomic E-state index is 0.0718. The van der Waals surface area contributed by atoms with Crippen molar-refractivity contribution in [3.8, 4) is 10.4 Å². The summed E-state index contributed by atoms with van der Waals surface area (Å²) in [5.74, 6) is -0.318. The predicted octanol–water partition coefficient (Wildman–Crippen LogP) is 3.48. The van der Waals surface area contributed by atoms with Gasteiger partial charge in [-0.15, -0.1) is 17.9 Å². The zero-order chi connectivity index (χ0) is 21.8. The van der Waals surface area contributed by atoms with Crippen molar-refractivity contribution in [3.05, 3.63) is 78.0 Å². The van der Waals surface area contributed by atoms with Gasteiger partial charge in [0.1, 0.15) is 5.69 Å². The maximum Gasteiger partial charge on any atom is 0.272 e. The van der Waals surface area contributed by atoms with Crippen LogP contribution in [0.2, 0.25) is 0 Å². The maximum absolute atomic E-state index is 13.2. The average molecular weight is 435 g/mol. The number of hydrogen-bond acceptors (Lipinski definition) is 4. The Kier molecular flexibility index (Phi) is 6.32. The molecule has 1 saturated heterocycles. The van der Waals surface area contributed by atoms with E-state index in [-0.39, 0.29) is 17.7 Å². The Morgan fingerprint density at radius 3 is 2.68 bits per heavy atom. The number of benzene rings is 1. The Balaban J connectivity index is 1.55. The van der Waals surface area contributed by atoms with E-state index in [4.69, 9.17) is 0 Å². The highest BCUT2D eigenvalue weighted by atomic mass is 32.1. The van der Waals surface area contributed by atoms with Crippen LogP contribution in [0.15, 0.2) is 66.7 Å². The van der Waals surface area contributed by atoms with Crippen molar-refractivity contribution in [1.82, 2.24) is 19.6 Å². The van der Waals surface area contributed by atoms with Crippen LogP contribution in [0.3, 0.4) is 0 Å². The largest absolute Gasteiger partial charge is 0.337 e. The van der Waals surface area contributed by atoms with Gasteiger partial charge in [-0.2, -0.15) is 5.10 Å². The molecule has 0 unspecified atom stereocenters. The average Bonchev–Trinajstić information content (AvgIpc) is 3.43. The standard InChI is InChI=1S/C24H26N4O2S/c1-3-12-27-13-14-28(24(30)21-10-11-25-26(21)2)17-20(23(27)29)16-18-6-8-19(9-7-18)22-5-4-15-31-22/h3-11,15,20H,1,12-14,16-17H2,2H3/t20-/m1/s1. The number of nitrogens with zero attached hydrogens (tertiary/aromatic N) is 4. The van der Waals surface area contributed by atoms with E-state index in [0.717, 1.165) is 5.56 Å². The van der Waals surface area contributed by atoms with Gasteiger partial charge in [-0.1, -0.05) is 36.4 Å². The van der Waals surface area contributed by atoms with E-state index in [9.17, 15) is 9.59 Å². The van der Waals surface area contributed by atoms with Crippen molar-refractivity contribution in [2.75, 3.05) is 26.2 Å². The van der Waals surface area contributed by atoms with Crippen LogP contribution in [0.25, 0.3) is 10.4 Å². The summed E-state index contributed by atoms with van der Waals surface area (Å²) in [6.45, 7) is 5.66. The molecule has 3 heterocycles. The number of hydrogen-bond donors (Lipinski definition) is 0. The Bertz CT molecular complexity index is 1060. The van der Waals surface area contributed by atoms with E-state index in [2.05, 4.69) is 47.4 Å². The highest BCUT2D eigenvalue weighted by Crippen LogP contribution is 2.26. The second kappa shape index (κ2) is 9.31. The summed E-state index contributed by atoms with van der Waals surface area (Å²) in [6, 6.07) is 14.2. The fraction of sp³-hybridized carbons (Fsp3) is 0.292. The first kappa shape index (κ1) is 21.1. The molecular formula is C24H26N4O2S. The topological polar surface area (TPSA) is 58.4 Å². The molecule has 1 atom stereocenters. The van der Waals surface area contributed by atoms with Crippen LogP contribution >= 0.6 is 11.3 Å². The van der Waals surface area contributed by atoms with Gasteiger partial charge in [-0.25, -0.2) is 0 Å². The summed E-state index contributed by atoms with van der Waals surface area (Å²) < 4.78 is 1.58. The SMILES string of the molecule is C=CCN1CCN(C(=O)c2ccnn2C)C[C@@H](Cc2ccc(-c3cccs3)cc2)C1=O. The third-order valence-corrected chi connectivity index (χ3v) is 6.58. The number of amides is 2. The van der Waals surface area contributed by atoms with Gasteiger partial charge in [-0.05, 0) is 35.1 Å². The first-order chi connectivity index (χ1) is 15.1. The number of rotatable bonds is 6. The zero-order valence-corrected chi connectivity index (χ0v) is 18.4. The molecule has 0 aliphatic carbocycles. The minimum Gasteiger partial charge on any atom is -0.337 e. The molecule has 1 fully saturated rings. The molecule has 160 valence electrons. The maximum atomic E-state index is 13.2. The summed E-state index contributed by atoms with van der Waals surface area (Å²) in [5.41, 5.74) is 2.79. The third-order valence-electron chi connectivity index (χ3n) is 5.66. The normalized spacial score (nSPS) is 16.9. The Hall–Kier alpha value is -3.19. The van der Waals surface area contributed by atoms with Gasteiger partial charge in [0.05, 0.1) is 5.92 Å². The van der Waals surface area contributed by atoms with E-state index in [1.54, 1.807) is 51.2 Å². The van der Waals surface area contributed by atoms with E-state index < -0.39 is 0 Å². The highest BCUT2D eigenvalue weighted by Gasteiger charge is 2.32. The van der Waals surface area contributed by atoms with Crippen LogP contribution in [0.5, 0.6) is 0 Å². The summed E-state index contributed by atoms with van der Waals surface area (Å²) in [6.07, 6.45) is 3.95. The quantitative estimate of drug-likeness (QED) is 0.558.